The van der Waals surface area contributed by atoms with Crippen LogP contribution in [0, 0.1) is 0 Å². The minimum absolute atomic E-state index is 0.00152. The quantitative estimate of drug-likeness (QED) is 0.879. The van der Waals surface area contributed by atoms with Gasteiger partial charge in [-0.2, -0.15) is 0 Å². The van der Waals surface area contributed by atoms with Gasteiger partial charge in [-0.1, -0.05) is 32.1 Å². The molecule has 0 aliphatic rings. The number of primary amides is 1. The molecule has 0 fully saturated rings. The van der Waals surface area contributed by atoms with Crippen molar-refractivity contribution < 1.29 is 4.79 Å². The zero-order chi connectivity index (χ0) is 13.5. The highest BCUT2D eigenvalue weighted by molar-refractivity contribution is 7.20. The second-order valence-electron chi connectivity index (χ2n) is 5.28. The maximum atomic E-state index is 11.0. The highest BCUT2D eigenvalue weighted by atomic mass is 32.1. The fourth-order valence-electron chi connectivity index (χ4n) is 1.38. The standard InChI is InChI=1S/C11H17N5OS/c1-6(8(12)17)13-9-15-16-5-7(11(2,3)4)14-10(16)18-9/h5-6H,1-4H3,(H2,12,17)(H,13,15). The number of carbonyl (C=O) groups is 1. The number of amides is 1. The molecule has 98 valence electrons. The summed E-state index contributed by atoms with van der Waals surface area (Å²) in [5.41, 5.74) is 6.19. The normalized spacial score (nSPS) is 13.8. The SMILES string of the molecule is CC(Nc1nn2cc(C(C)(C)C)nc2s1)C(N)=O. The molecule has 0 bridgehead atoms. The minimum Gasteiger partial charge on any atom is -0.368 e. The van der Waals surface area contributed by atoms with Gasteiger partial charge in [0.25, 0.3) is 0 Å². The van der Waals surface area contributed by atoms with Crippen molar-refractivity contribution in [1.29, 1.82) is 0 Å². The molecule has 1 amide bonds. The fraction of sp³-hybridized carbons (Fsp3) is 0.545. The van der Waals surface area contributed by atoms with Crippen LogP contribution in [0.2, 0.25) is 0 Å². The molecule has 6 nitrogen and oxygen atoms in total. The molecule has 1 atom stereocenters. The van der Waals surface area contributed by atoms with Gasteiger partial charge < -0.3 is 11.1 Å². The van der Waals surface area contributed by atoms with Crippen LogP contribution in [-0.4, -0.2) is 26.5 Å². The summed E-state index contributed by atoms with van der Waals surface area (Å²) in [4.78, 5) is 16.3. The number of imidazole rings is 1. The molecule has 0 aliphatic carbocycles. The van der Waals surface area contributed by atoms with Gasteiger partial charge in [-0.05, 0) is 6.92 Å². The van der Waals surface area contributed by atoms with Crippen LogP contribution in [0.1, 0.15) is 33.4 Å². The highest BCUT2D eigenvalue weighted by Gasteiger charge is 2.20. The van der Waals surface area contributed by atoms with E-state index in [4.69, 9.17) is 5.73 Å². The summed E-state index contributed by atoms with van der Waals surface area (Å²) in [6.45, 7) is 8.02. The number of nitrogens with two attached hydrogens (primary N) is 1. The fourth-order valence-corrected chi connectivity index (χ4v) is 2.24. The third-order valence-electron chi connectivity index (χ3n) is 2.58. The van der Waals surface area contributed by atoms with Crippen LogP contribution in [0.4, 0.5) is 5.13 Å². The summed E-state index contributed by atoms with van der Waals surface area (Å²) in [7, 11) is 0. The van der Waals surface area contributed by atoms with Crippen molar-refractivity contribution in [1.82, 2.24) is 14.6 Å². The van der Waals surface area contributed by atoms with E-state index in [1.165, 1.54) is 11.3 Å². The smallest absolute Gasteiger partial charge is 0.239 e. The Kier molecular flexibility index (Phi) is 3.02. The van der Waals surface area contributed by atoms with Gasteiger partial charge in [-0.25, -0.2) is 9.50 Å². The van der Waals surface area contributed by atoms with Crippen LogP contribution in [0.5, 0.6) is 0 Å². The topological polar surface area (TPSA) is 85.3 Å². The first-order valence-corrected chi connectivity index (χ1v) is 6.51. The summed E-state index contributed by atoms with van der Waals surface area (Å²) in [5.74, 6) is -0.404. The zero-order valence-electron chi connectivity index (χ0n) is 10.9. The first-order chi connectivity index (χ1) is 8.27. The molecule has 0 spiro atoms. The molecule has 2 heterocycles. The van der Waals surface area contributed by atoms with Crippen LogP contribution in [0.3, 0.4) is 0 Å². The molecule has 2 aromatic heterocycles. The molecule has 0 radical (unpaired) electrons. The largest absolute Gasteiger partial charge is 0.368 e. The molecule has 3 N–H and O–H groups in total. The molecule has 0 aromatic carbocycles. The van der Waals surface area contributed by atoms with E-state index < -0.39 is 11.9 Å². The van der Waals surface area contributed by atoms with Gasteiger partial charge in [0.1, 0.15) is 6.04 Å². The monoisotopic (exact) mass is 267 g/mol. The van der Waals surface area contributed by atoms with E-state index in [1.54, 1.807) is 11.4 Å². The first-order valence-electron chi connectivity index (χ1n) is 5.70. The lowest BCUT2D eigenvalue weighted by atomic mass is 9.93. The van der Waals surface area contributed by atoms with Crippen molar-refractivity contribution in [2.75, 3.05) is 5.32 Å². The van der Waals surface area contributed by atoms with E-state index in [0.717, 1.165) is 10.7 Å². The number of aromatic nitrogens is 3. The van der Waals surface area contributed by atoms with Crippen molar-refractivity contribution in [3.05, 3.63) is 11.9 Å². The number of carbonyl (C=O) groups excluding carboxylic acids is 1. The number of anilines is 1. The van der Waals surface area contributed by atoms with Crippen LogP contribution in [0.25, 0.3) is 4.96 Å². The second kappa shape index (κ2) is 4.24. The number of hydrogen-bond donors (Lipinski definition) is 2. The number of rotatable bonds is 3. The van der Waals surface area contributed by atoms with Crippen molar-refractivity contribution in [2.45, 2.75) is 39.2 Å². The molecule has 2 aromatic rings. The second-order valence-corrected chi connectivity index (χ2v) is 6.23. The van der Waals surface area contributed by atoms with Crippen LogP contribution in [-0.2, 0) is 10.2 Å². The van der Waals surface area contributed by atoms with Gasteiger partial charge in [0.15, 0.2) is 0 Å². The van der Waals surface area contributed by atoms with Gasteiger partial charge in [-0.15, -0.1) is 5.10 Å². The molecular weight excluding hydrogens is 250 g/mol. The summed E-state index contributed by atoms with van der Waals surface area (Å²) in [5, 5.41) is 7.91. The summed E-state index contributed by atoms with van der Waals surface area (Å²) < 4.78 is 1.72. The average molecular weight is 267 g/mol. The van der Waals surface area contributed by atoms with E-state index in [9.17, 15) is 4.79 Å². The Morgan fingerprint density at radius 2 is 2.22 bits per heavy atom. The maximum Gasteiger partial charge on any atom is 0.239 e. The zero-order valence-corrected chi connectivity index (χ0v) is 11.7. The maximum absolute atomic E-state index is 11.0. The van der Waals surface area contributed by atoms with Crippen molar-refractivity contribution in [3.8, 4) is 0 Å². The number of nitrogens with zero attached hydrogens (tertiary/aromatic N) is 3. The van der Waals surface area contributed by atoms with Gasteiger partial charge in [-0.3, -0.25) is 4.79 Å². The highest BCUT2D eigenvalue weighted by Crippen LogP contribution is 2.25. The Morgan fingerprint density at radius 3 is 2.72 bits per heavy atom. The predicted molar refractivity (Wildman–Crippen MR) is 71.8 cm³/mol. The number of fused-ring (bicyclic) bond motifs is 1. The van der Waals surface area contributed by atoms with E-state index in [-0.39, 0.29) is 5.41 Å². The lowest BCUT2D eigenvalue weighted by molar-refractivity contribution is -0.118. The Labute approximate surface area is 109 Å². The Bertz CT molecular complexity index is 548. The molecule has 2 rings (SSSR count). The minimum atomic E-state index is -0.442. The summed E-state index contributed by atoms with van der Waals surface area (Å²) >= 11 is 1.40. The third kappa shape index (κ3) is 2.45. The Morgan fingerprint density at radius 1 is 1.56 bits per heavy atom. The van der Waals surface area contributed by atoms with Crippen LogP contribution >= 0.6 is 11.3 Å². The number of nitrogens with one attached hydrogen (secondary N) is 1. The van der Waals surface area contributed by atoms with Crippen molar-refractivity contribution in [2.24, 2.45) is 5.73 Å². The van der Waals surface area contributed by atoms with Gasteiger partial charge in [0.2, 0.25) is 16.0 Å². The number of hydrogen-bond acceptors (Lipinski definition) is 5. The van der Waals surface area contributed by atoms with Crippen LogP contribution < -0.4 is 11.1 Å². The lowest BCUT2D eigenvalue weighted by Crippen LogP contribution is -2.32. The van der Waals surface area contributed by atoms with Gasteiger partial charge in [0, 0.05) is 5.41 Å². The predicted octanol–water partition coefficient (Wildman–Crippen LogP) is 1.37. The summed E-state index contributed by atoms with van der Waals surface area (Å²) in [6, 6.07) is -0.442. The van der Waals surface area contributed by atoms with Crippen LogP contribution in [0.15, 0.2) is 6.20 Å². The molecule has 0 saturated carbocycles. The first kappa shape index (κ1) is 12.8. The van der Waals surface area contributed by atoms with Gasteiger partial charge >= 0.3 is 0 Å². The molecule has 0 aliphatic heterocycles. The summed E-state index contributed by atoms with van der Waals surface area (Å²) in [6.07, 6.45) is 1.91. The molecule has 18 heavy (non-hydrogen) atoms. The van der Waals surface area contributed by atoms with E-state index in [1.807, 2.05) is 6.20 Å². The lowest BCUT2D eigenvalue weighted by Gasteiger charge is -2.13. The van der Waals surface area contributed by atoms with E-state index in [0.29, 0.717) is 5.13 Å². The molecule has 7 heteroatoms. The van der Waals surface area contributed by atoms with Crippen molar-refractivity contribution >= 4 is 27.3 Å². The van der Waals surface area contributed by atoms with E-state index >= 15 is 0 Å². The average Bonchev–Trinajstić information content (AvgIpc) is 2.73. The molecular formula is C11H17N5OS. The van der Waals surface area contributed by atoms with Gasteiger partial charge in [0.05, 0.1) is 11.9 Å². The third-order valence-corrected chi connectivity index (χ3v) is 3.43. The Hall–Kier alpha value is -1.63. The Balaban J connectivity index is 2.25. The van der Waals surface area contributed by atoms with Crippen molar-refractivity contribution in [3.63, 3.8) is 0 Å². The molecule has 1 unspecified atom stereocenters. The molecule has 0 saturated heterocycles. The van der Waals surface area contributed by atoms with E-state index in [2.05, 4.69) is 36.2 Å².